The summed E-state index contributed by atoms with van der Waals surface area (Å²) in [6.07, 6.45) is 2.60. The van der Waals surface area contributed by atoms with E-state index >= 15 is 0 Å². The van der Waals surface area contributed by atoms with Crippen molar-refractivity contribution >= 4 is 21.4 Å². The van der Waals surface area contributed by atoms with Crippen LogP contribution in [0.2, 0.25) is 0 Å². The van der Waals surface area contributed by atoms with Gasteiger partial charge in [0.05, 0.1) is 22.3 Å². The number of sulfone groups is 1. The number of hydrogen-bond donors (Lipinski definition) is 2. The van der Waals surface area contributed by atoms with Crippen LogP contribution in [0.4, 0.5) is 5.69 Å². The van der Waals surface area contributed by atoms with Gasteiger partial charge in [0.2, 0.25) is 0 Å². The van der Waals surface area contributed by atoms with Gasteiger partial charge in [-0.15, -0.1) is 0 Å². The van der Waals surface area contributed by atoms with E-state index in [4.69, 9.17) is 5.73 Å². The molecule has 7 nitrogen and oxygen atoms in total. The zero-order chi connectivity index (χ0) is 15.6. The van der Waals surface area contributed by atoms with E-state index in [-0.39, 0.29) is 16.3 Å². The molecule has 0 saturated carbocycles. The van der Waals surface area contributed by atoms with Crippen molar-refractivity contribution in [3.63, 3.8) is 0 Å². The van der Waals surface area contributed by atoms with Crippen LogP contribution < -0.4 is 11.3 Å². The van der Waals surface area contributed by atoms with Crippen molar-refractivity contribution in [2.24, 2.45) is 10.7 Å². The lowest BCUT2D eigenvalue weighted by atomic mass is 10.2. The van der Waals surface area contributed by atoms with E-state index in [2.05, 4.69) is 15.2 Å². The number of benzene rings is 1. The number of nitrogens with one attached hydrogen (secondary N) is 1. The Bertz CT molecular complexity index is 852. The number of aliphatic imine (C=N–C) groups is 1. The summed E-state index contributed by atoms with van der Waals surface area (Å²) in [4.78, 5) is 16.0. The smallest absolute Gasteiger partial charge is 0.275 e. The van der Waals surface area contributed by atoms with Crippen molar-refractivity contribution in [2.75, 3.05) is 6.26 Å². The highest BCUT2D eigenvalue weighted by molar-refractivity contribution is 7.90. The van der Waals surface area contributed by atoms with Crippen molar-refractivity contribution in [1.29, 1.82) is 0 Å². The Balaban J connectivity index is 2.42. The molecule has 110 valence electrons. The number of nitrogens with zero attached hydrogens (tertiary/aromatic N) is 2. The first-order chi connectivity index (χ1) is 9.79. The van der Waals surface area contributed by atoms with Gasteiger partial charge in [-0.3, -0.25) is 4.79 Å². The molecule has 2 rings (SSSR count). The maximum absolute atomic E-state index is 11.7. The van der Waals surface area contributed by atoms with E-state index in [1.807, 2.05) is 0 Å². The van der Waals surface area contributed by atoms with E-state index in [1.165, 1.54) is 30.5 Å². The predicted octanol–water partition coefficient (Wildman–Crippen LogP) is 0.519. The highest BCUT2D eigenvalue weighted by Crippen LogP contribution is 2.17. The van der Waals surface area contributed by atoms with E-state index < -0.39 is 15.4 Å². The Kier molecular flexibility index (Phi) is 3.90. The molecule has 1 heterocycles. The fourth-order valence-electron chi connectivity index (χ4n) is 1.77. The largest absolute Gasteiger partial charge is 0.383 e. The van der Waals surface area contributed by atoms with Gasteiger partial charge in [0.1, 0.15) is 5.84 Å². The van der Waals surface area contributed by atoms with Crippen molar-refractivity contribution < 1.29 is 8.42 Å². The maximum Gasteiger partial charge on any atom is 0.275 e. The normalized spacial score (nSPS) is 12.4. The Morgan fingerprint density at radius 2 is 1.90 bits per heavy atom. The number of hydrogen-bond acceptors (Lipinski definition) is 5. The van der Waals surface area contributed by atoms with Gasteiger partial charge in [0, 0.05) is 6.26 Å². The van der Waals surface area contributed by atoms with Gasteiger partial charge in [-0.1, -0.05) is 0 Å². The Morgan fingerprint density at radius 1 is 1.29 bits per heavy atom. The maximum atomic E-state index is 11.7. The van der Waals surface area contributed by atoms with Gasteiger partial charge in [-0.25, -0.2) is 18.5 Å². The van der Waals surface area contributed by atoms with E-state index in [0.717, 1.165) is 6.26 Å². The van der Waals surface area contributed by atoms with Gasteiger partial charge >= 0.3 is 0 Å². The number of aromatic nitrogens is 2. The molecule has 0 spiro atoms. The molecule has 0 saturated heterocycles. The zero-order valence-corrected chi connectivity index (χ0v) is 12.3. The zero-order valence-electron chi connectivity index (χ0n) is 11.5. The molecule has 0 unspecified atom stereocenters. The van der Waals surface area contributed by atoms with E-state index in [1.54, 1.807) is 6.92 Å². The molecule has 0 fully saturated rings. The number of amidine groups is 1. The van der Waals surface area contributed by atoms with Crippen molar-refractivity contribution in [1.82, 2.24) is 10.2 Å². The third-order valence-electron chi connectivity index (χ3n) is 2.82. The molecule has 0 aliphatic heterocycles. The summed E-state index contributed by atoms with van der Waals surface area (Å²) < 4.78 is 22.7. The average Bonchev–Trinajstić information content (AvgIpc) is 2.38. The minimum absolute atomic E-state index is 0.0447. The molecular weight excluding hydrogens is 292 g/mol. The molecule has 0 atom stereocenters. The second kappa shape index (κ2) is 5.49. The average molecular weight is 306 g/mol. The molecule has 1 aromatic heterocycles. The second-order valence-electron chi connectivity index (χ2n) is 4.52. The first-order valence-electron chi connectivity index (χ1n) is 5.98. The van der Waals surface area contributed by atoms with Crippen molar-refractivity contribution in [3.8, 4) is 0 Å². The molecule has 2 aromatic rings. The van der Waals surface area contributed by atoms with Gasteiger partial charge in [-0.2, -0.15) is 5.10 Å². The third-order valence-corrected chi connectivity index (χ3v) is 3.94. The summed E-state index contributed by atoms with van der Waals surface area (Å²) in [6.45, 7) is 1.70. The van der Waals surface area contributed by atoms with Gasteiger partial charge in [0.15, 0.2) is 9.84 Å². The molecule has 0 amide bonds. The fourth-order valence-corrected chi connectivity index (χ4v) is 2.40. The standard InChI is InChI=1S/C13H14N4O3S/c1-8-7-15-17-13(18)11(8)12(14)16-9-3-5-10(6-4-9)21(2,19)20/h3-7H,1-2H3,(H2,14,16)(H,17,18). The molecule has 21 heavy (non-hydrogen) atoms. The van der Waals surface area contributed by atoms with Crippen molar-refractivity contribution in [3.05, 3.63) is 51.9 Å². The van der Waals surface area contributed by atoms with Crippen LogP contribution in [0.3, 0.4) is 0 Å². The number of aryl methyl sites for hydroxylation is 1. The first kappa shape index (κ1) is 14.9. The molecule has 3 N–H and O–H groups in total. The van der Waals surface area contributed by atoms with E-state index in [9.17, 15) is 13.2 Å². The molecule has 1 aromatic carbocycles. The second-order valence-corrected chi connectivity index (χ2v) is 6.54. The molecule has 0 bridgehead atoms. The highest BCUT2D eigenvalue weighted by Gasteiger charge is 2.10. The molecule has 8 heteroatoms. The summed E-state index contributed by atoms with van der Waals surface area (Å²) in [6, 6.07) is 5.91. The lowest BCUT2D eigenvalue weighted by molar-refractivity contribution is 0.602. The van der Waals surface area contributed by atoms with Gasteiger partial charge < -0.3 is 5.73 Å². The van der Waals surface area contributed by atoms with E-state index in [0.29, 0.717) is 11.3 Å². The van der Waals surface area contributed by atoms with Crippen LogP contribution in [-0.4, -0.2) is 30.7 Å². The summed E-state index contributed by atoms with van der Waals surface area (Å²) in [5.74, 6) is 0.0447. The number of H-pyrrole nitrogens is 1. The third kappa shape index (κ3) is 3.34. The minimum atomic E-state index is -3.26. The Hall–Kier alpha value is -2.48. The first-order valence-corrected chi connectivity index (χ1v) is 7.87. The van der Waals surface area contributed by atoms with Crippen LogP contribution in [0.15, 0.2) is 45.1 Å². The quantitative estimate of drug-likeness (QED) is 0.633. The Labute approximate surface area is 121 Å². The highest BCUT2D eigenvalue weighted by atomic mass is 32.2. The lowest BCUT2D eigenvalue weighted by Crippen LogP contribution is -2.26. The van der Waals surface area contributed by atoms with Crippen molar-refractivity contribution in [2.45, 2.75) is 11.8 Å². The number of aromatic amines is 1. The Morgan fingerprint density at radius 3 is 2.43 bits per heavy atom. The minimum Gasteiger partial charge on any atom is -0.383 e. The number of rotatable bonds is 3. The van der Waals surface area contributed by atoms with Crippen LogP contribution >= 0.6 is 0 Å². The fraction of sp³-hybridized carbons (Fsp3) is 0.154. The van der Waals surface area contributed by atoms with Crippen LogP contribution in [0.25, 0.3) is 0 Å². The predicted molar refractivity (Wildman–Crippen MR) is 79.5 cm³/mol. The van der Waals surface area contributed by atoms with Crippen LogP contribution in [0.1, 0.15) is 11.1 Å². The van der Waals surface area contributed by atoms with Gasteiger partial charge in [0.25, 0.3) is 5.56 Å². The van der Waals surface area contributed by atoms with Gasteiger partial charge in [-0.05, 0) is 36.8 Å². The molecular formula is C13H14N4O3S. The molecule has 0 aliphatic carbocycles. The van der Waals surface area contributed by atoms with Crippen LogP contribution in [0, 0.1) is 6.92 Å². The summed E-state index contributed by atoms with van der Waals surface area (Å²) in [7, 11) is -3.26. The summed E-state index contributed by atoms with van der Waals surface area (Å²) in [5.41, 5.74) is 6.72. The molecule has 0 radical (unpaired) electrons. The monoisotopic (exact) mass is 306 g/mol. The summed E-state index contributed by atoms with van der Waals surface area (Å²) >= 11 is 0. The summed E-state index contributed by atoms with van der Waals surface area (Å²) in [5, 5.41) is 5.95. The lowest BCUT2D eigenvalue weighted by Gasteiger charge is -2.04. The SMILES string of the molecule is Cc1cn[nH]c(=O)c1C(N)=Nc1ccc(S(C)(=O)=O)cc1. The number of nitrogens with two attached hydrogens (primary N) is 1. The topological polar surface area (TPSA) is 118 Å². The van der Waals surface area contributed by atoms with Crippen LogP contribution in [-0.2, 0) is 9.84 Å². The molecule has 0 aliphatic rings. The van der Waals surface area contributed by atoms with Crippen LogP contribution in [0.5, 0.6) is 0 Å².